The fourth-order valence-corrected chi connectivity index (χ4v) is 1.90. The highest BCUT2D eigenvalue weighted by Crippen LogP contribution is 2.23. The molecule has 0 spiro atoms. The van der Waals surface area contributed by atoms with Crippen LogP contribution in [0.3, 0.4) is 0 Å². The van der Waals surface area contributed by atoms with Gasteiger partial charge < -0.3 is 14.9 Å². The molecule has 2 rings (SSSR count). The van der Waals surface area contributed by atoms with Crippen LogP contribution in [0.1, 0.15) is 12.2 Å². The van der Waals surface area contributed by atoms with E-state index in [9.17, 15) is 0 Å². The van der Waals surface area contributed by atoms with Crippen LogP contribution in [0.15, 0.2) is 18.3 Å². The molecule has 16 heavy (non-hydrogen) atoms. The maximum Gasteiger partial charge on any atom is 0.155 e. The lowest BCUT2D eigenvalue weighted by molar-refractivity contribution is 0.414. The number of hydrogen-bond donors (Lipinski definition) is 1. The SMILES string of the molecule is COc1ccn2c(CCCN)nc(Cl)c2c1. The molecule has 0 unspecified atom stereocenters. The van der Waals surface area contributed by atoms with Gasteiger partial charge in [0.15, 0.2) is 5.15 Å². The van der Waals surface area contributed by atoms with Gasteiger partial charge in [0.05, 0.1) is 12.6 Å². The molecule has 4 nitrogen and oxygen atoms in total. The molecule has 0 aliphatic carbocycles. The normalized spacial score (nSPS) is 10.9. The molecule has 2 heterocycles. The van der Waals surface area contributed by atoms with E-state index < -0.39 is 0 Å². The number of pyridine rings is 1. The smallest absolute Gasteiger partial charge is 0.155 e. The van der Waals surface area contributed by atoms with E-state index in [0.29, 0.717) is 11.7 Å². The van der Waals surface area contributed by atoms with Crippen molar-refractivity contribution in [3.63, 3.8) is 0 Å². The van der Waals surface area contributed by atoms with Crippen molar-refractivity contribution in [3.8, 4) is 5.75 Å². The Morgan fingerprint density at radius 1 is 1.56 bits per heavy atom. The number of methoxy groups -OCH3 is 1. The number of aryl methyl sites for hydroxylation is 1. The molecule has 0 radical (unpaired) electrons. The van der Waals surface area contributed by atoms with Crippen LogP contribution in [-0.4, -0.2) is 23.0 Å². The number of rotatable bonds is 4. The Labute approximate surface area is 99.0 Å². The Kier molecular flexibility index (Phi) is 3.31. The van der Waals surface area contributed by atoms with Crippen molar-refractivity contribution in [3.05, 3.63) is 29.3 Å². The monoisotopic (exact) mass is 239 g/mol. The Morgan fingerprint density at radius 2 is 2.38 bits per heavy atom. The molecule has 86 valence electrons. The van der Waals surface area contributed by atoms with E-state index in [2.05, 4.69) is 4.98 Å². The van der Waals surface area contributed by atoms with Crippen LogP contribution >= 0.6 is 11.6 Å². The average molecular weight is 240 g/mol. The summed E-state index contributed by atoms with van der Waals surface area (Å²) >= 11 is 6.07. The summed E-state index contributed by atoms with van der Waals surface area (Å²) in [5.74, 6) is 1.72. The highest BCUT2D eigenvalue weighted by molar-refractivity contribution is 6.32. The maximum atomic E-state index is 6.07. The molecular formula is C11H14ClN3O. The van der Waals surface area contributed by atoms with Gasteiger partial charge in [0, 0.05) is 18.7 Å². The van der Waals surface area contributed by atoms with Gasteiger partial charge in [-0.25, -0.2) is 4.98 Å². The minimum Gasteiger partial charge on any atom is -0.497 e. The Hall–Kier alpha value is -1.26. The lowest BCUT2D eigenvalue weighted by Gasteiger charge is -2.02. The van der Waals surface area contributed by atoms with Crippen LogP contribution in [0, 0.1) is 0 Å². The number of fused-ring (bicyclic) bond motifs is 1. The Bertz CT molecular complexity index is 495. The van der Waals surface area contributed by atoms with Crippen molar-refractivity contribution in [1.29, 1.82) is 0 Å². The number of imidazole rings is 1. The zero-order chi connectivity index (χ0) is 11.5. The predicted molar refractivity (Wildman–Crippen MR) is 64.1 cm³/mol. The number of nitrogens with zero attached hydrogens (tertiary/aromatic N) is 2. The summed E-state index contributed by atoms with van der Waals surface area (Å²) in [5.41, 5.74) is 6.35. The molecule has 0 aromatic carbocycles. The molecule has 2 aromatic rings. The predicted octanol–water partition coefficient (Wildman–Crippen LogP) is 1.89. The van der Waals surface area contributed by atoms with Crippen molar-refractivity contribution >= 4 is 17.1 Å². The van der Waals surface area contributed by atoms with Crippen molar-refractivity contribution in [1.82, 2.24) is 9.38 Å². The second-order valence-electron chi connectivity index (χ2n) is 3.53. The largest absolute Gasteiger partial charge is 0.497 e. The van der Waals surface area contributed by atoms with Crippen molar-refractivity contribution in [2.24, 2.45) is 5.73 Å². The number of aromatic nitrogens is 2. The van der Waals surface area contributed by atoms with E-state index in [1.807, 2.05) is 22.7 Å². The number of halogens is 1. The van der Waals surface area contributed by atoms with Crippen molar-refractivity contribution in [2.45, 2.75) is 12.8 Å². The molecule has 5 heteroatoms. The number of nitrogens with two attached hydrogens (primary N) is 1. The third-order valence-corrected chi connectivity index (χ3v) is 2.76. The van der Waals surface area contributed by atoms with E-state index in [1.165, 1.54) is 0 Å². The highest BCUT2D eigenvalue weighted by atomic mass is 35.5. The molecule has 0 aliphatic rings. The second kappa shape index (κ2) is 4.72. The molecule has 0 amide bonds. The third-order valence-electron chi connectivity index (χ3n) is 2.48. The van der Waals surface area contributed by atoms with Crippen LogP contribution in [0.4, 0.5) is 0 Å². The molecule has 0 fully saturated rings. The summed E-state index contributed by atoms with van der Waals surface area (Å²) in [6.07, 6.45) is 3.65. The van der Waals surface area contributed by atoms with E-state index in [-0.39, 0.29) is 0 Å². The molecule has 2 aromatic heterocycles. The van der Waals surface area contributed by atoms with Gasteiger partial charge in [-0.2, -0.15) is 0 Å². The van der Waals surface area contributed by atoms with E-state index in [4.69, 9.17) is 22.1 Å². The summed E-state index contributed by atoms with van der Waals surface area (Å²) in [7, 11) is 1.63. The first-order chi connectivity index (χ1) is 7.76. The van der Waals surface area contributed by atoms with Gasteiger partial charge in [0.2, 0.25) is 0 Å². The van der Waals surface area contributed by atoms with Gasteiger partial charge >= 0.3 is 0 Å². The average Bonchev–Trinajstić information content (AvgIpc) is 2.63. The first kappa shape index (κ1) is 11.2. The molecule has 0 atom stereocenters. The topological polar surface area (TPSA) is 52.5 Å². The number of ether oxygens (including phenoxy) is 1. The zero-order valence-corrected chi connectivity index (χ0v) is 9.87. The summed E-state index contributed by atoms with van der Waals surface area (Å²) in [5, 5.41) is 0.505. The van der Waals surface area contributed by atoms with Gasteiger partial charge in [-0.1, -0.05) is 11.6 Å². The van der Waals surface area contributed by atoms with Crippen molar-refractivity contribution in [2.75, 3.05) is 13.7 Å². The molecule has 0 saturated heterocycles. The first-order valence-corrected chi connectivity index (χ1v) is 5.54. The molecule has 0 bridgehead atoms. The van der Waals surface area contributed by atoms with Crippen molar-refractivity contribution < 1.29 is 4.74 Å². The first-order valence-electron chi connectivity index (χ1n) is 5.17. The Morgan fingerprint density at radius 3 is 3.06 bits per heavy atom. The summed E-state index contributed by atoms with van der Waals surface area (Å²) in [6, 6.07) is 3.76. The quantitative estimate of drug-likeness (QED) is 0.887. The van der Waals surface area contributed by atoms with Crippen LogP contribution in [-0.2, 0) is 6.42 Å². The fourth-order valence-electron chi connectivity index (χ4n) is 1.65. The van der Waals surface area contributed by atoms with Gasteiger partial charge in [0.1, 0.15) is 11.6 Å². The van der Waals surface area contributed by atoms with Gasteiger partial charge in [-0.15, -0.1) is 0 Å². The molecule has 0 aliphatic heterocycles. The van der Waals surface area contributed by atoms with Gasteiger partial charge in [-0.05, 0) is 19.0 Å². The maximum absolute atomic E-state index is 6.07. The van der Waals surface area contributed by atoms with Gasteiger partial charge in [-0.3, -0.25) is 0 Å². The minimum atomic E-state index is 0.505. The van der Waals surface area contributed by atoms with E-state index in [1.54, 1.807) is 7.11 Å². The standard InChI is InChI=1S/C11H14ClN3O/c1-16-8-4-6-15-9(7-8)11(12)14-10(15)3-2-5-13/h4,6-7H,2-3,5,13H2,1H3. The minimum absolute atomic E-state index is 0.505. The third kappa shape index (κ3) is 1.99. The van der Waals surface area contributed by atoms with Crippen LogP contribution in [0.5, 0.6) is 5.75 Å². The Balaban J connectivity index is 2.45. The zero-order valence-electron chi connectivity index (χ0n) is 9.11. The van der Waals surface area contributed by atoms with Gasteiger partial charge in [0.25, 0.3) is 0 Å². The summed E-state index contributed by atoms with van der Waals surface area (Å²) in [6.45, 7) is 0.655. The fraction of sp³-hybridized carbons (Fsp3) is 0.364. The summed E-state index contributed by atoms with van der Waals surface area (Å²) < 4.78 is 7.12. The summed E-state index contributed by atoms with van der Waals surface area (Å²) in [4.78, 5) is 4.32. The van der Waals surface area contributed by atoms with E-state index in [0.717, 1.165) is 29.9 Å². The second-order valence-corrected chi connectivity index (χ2v) is 3.89. The lowest BCUT2D eigenvalue weighted by Crippen LogP contribution is -2.03. The molecule has 2 N–H and O–H groups in total. The van der Waals surface area contributed by atoms with Crippen LogP contribution in [0.25, 0.3) is 5.52 Å². The molecule has 0 saturated carbocycles. The van der Waals surface area contributed by atoms with E-state index >= 15 is 0 Å². The van der Waals surface area contributed by atoms with Crippen LogP contribution < -0.4 is 10.5 Å². The number of hydrogen-bond acceptors (Lipinski definition) is 3. The highest BCUT2D eigenvalue weighted by Gasteiger charge is 2.09. The molecular weight excluding hydrogens is 226 g/mol. The lowest BCUT2D eigenvalue weighted by atomic mass is 10.3. The van der Waals surface area contributed by atoms with Crippen LogP contribution in [0.2, 0.25) is 5.15 Å².